The zero-order valence-electron chi connectivity index (χ0n) is 12.1. The number of nitrogens with one attached hydrogen (secondary N) is 1. The van der Waals surface area contributed by atoms with Gasteiger partial charge in [0.1, 0.15) is 6.07 Å². The zero-order chi connectivity index (χ0) is 15.9. The van der Waals surface area contributed by atoms with E-state index < -0.39 is 0 Å². The molecule has 2 rings (SSSR count). The van der Waals surface area contributed by atoms with Gasteiger partial charge in [0.05, 0.1) is 17.7 Å². The summed E-state index contributed by atoms with van der Waals surface area (Å²) in [6.45, 7) is 1.62. The van der Waals surface area contributed by atoms with Crippen molar-refractivity contribution >= 4 is 17.7 Å². The third-order valence-corrected chi connectivity index (χ3v) is 4.16. The van der Waals surface area contributed by atoms with E-state index >= 15 is 0 Å². The molecule has 2 N–H and O–H groups in total. The van der Waals surface area contributed by atoms with Gasteiger partial charge in [-0.15, -0.1) is 0 Å². The van der Waals surface area contributed by atoms with E-state index in [4.69, 9.17) is 10.4 Å². The third-order valence-electron chi connectivity index (χ3n) is 3.01. The summed E-state index contributed by atoms with van der Waals surface area (Å²) in [6.07, 6.45) is 0. The van der Waals surface area contributed by atoms with Gasteiger partial charge in [-0.3, -0.25) is 4.79 Å². The minimum Gasteiger partial charge on any atom is -0.394 e. The van der Waals surface area contributed by atoms with Gasteiger partial charge in [0.15, 0.2) is 0 Å². The number of nitrogens with zero attached hydrogens (tertiary/aromatic N) is 1. The van der Waals surface area contributed by atoms with Crippen LogP contribution in [0.5, 0.6) is 0 Å². The highest BCUT2D eigenvalue weighted by atomic mass is 32.2. The number of carbonyl (C=O) groups is 1. The van der Waals surface area contributed by atoms with Crippen LogP contribution >= 0.6 is 11.8 Å². The van der Waals surface area contributed by atoms with E-state index in [0.29, 0.717) is 11.1 Å². The average Bonchev–Trinajstić information content (AvgIpc) is 2.55. The summed E-state index contributed by atoms with van der Waals surface area (Å²) in [4.78, 5) is 13.9. The van der Waals surface area contributed by atoms with Crippen molar-refractivity contribution < 1.29 is 9.90 Å². The second-order valence-electron chi connectivity index (χ2n) is 4.76. The van der Waals surface area contributed by atoms with E-state index in [9.17, 15) is 4.79 Å². The van der Waals surface area contributed by atoms with Gasteiger partial charge in [0.25, 0.3) is 5.91 Å². The lowest BCUT2D eigenvalue weighted by molar-refractivity contribution is 0.0919. The van der Waals surface area contributed by atoms with Crippen LogP contribution in [-0.4, -0.2) is 23.7 Å². The summed E-state index contributed by atoms with van der Waals surface area (Å²) in [5.74, 6) is -0.237. The Morgan fingerprint density at radius 2 is 1.86 bits per heavy atom. The van der Waals surface area contributed by atoms with E-state index in [1.54, 1.807) is 25.1 Å². The van der Waals surface area contributed by atoms with E-state index in [1.165, 1.54) is 11.8 Å². The molecule has 0 bridgehead atoms. The molecule has 0 aliphatic carbocycles. The largest absolute Gasteiger partial charge is 0.394 e. The number of carbonyl (C=O) groups excluding carboxylic acids is 1. The number of hydrogen-bond donors (Lipinski definition) is 2. The molecule has 2 aromatic rings. The summed E-state index contributed by atoms with van der Waals surface area (Å²) in [7, 11) is 0. The number of benzene rings is 2. The molecular formula is C17H16N2O2S. The molecule has 5 heteroatoms. The summed E-state index contributed by atoms with van der Waals surface area (Å²) >= 11 is 1.38. The molecule has 0 aliphatic heterocycles. The molecule has 0 radical (unpaired) electrons. The van der Waals surface area contributed by atoms with Crippen molar-refractivity contribution in [2.24, 2.45) is 0 Å². The van der Waals surface area contributed by atoms with E-state index in [1.807, 2.05) is 30.3 Å². The average molecular weight is 312 g/mol. The van der Waals surface area contributed by atoms with E-state index in [-0.39, 0.29) is 18.6 Å². The number of hydrogen-bond acceptors (Lipinski definition) is 4. The van der Waals surface area contributed by atoms with Crippen LogP contribution in [-0.2, 0) is 0 Å². The van der Waals surface area contributed by atoms with Crippen LogP contribution < -0.4 is 5.32 Å². The predicted molar refractivity (Wildman–Crippen MR) is 85.7 cm³/mol. The van der Waals surface area contributed by atoms with Gasteiger partial charge in [-0.05, 0) is 31.2 Å². The molecule has 0 aromatic heterocycles. The number of aliphatic hydroxyl groups is 1. The molecule has 0 saturated heterocycles. The first-order valence-corrected chi connectivity index (χ1v) is 7.65. The van der Waals surface area contributed by atoms with Crippen LogP contribution in [0.2, 0.25) is 0 Å². The zero-order valence-corrected chi connectivity index (χ0v) is 12.9. The topological polar surface area (TPSA) is 73.1 Å². The second kappa shape index (κ2) is 7.64. The molecule has 2 aromatic carbocycles. The van der Waals surface area contributed by atoms with Crippen LogP contribution in [0.25, 0.3) is 0 Å². The minimum atomic E-state index is -0.308. The number of amides is 1. The number of nitriles is 1. The number of rotatable bonds is 5. The molecular weight excluding hydrogens is 296 g/mol. The predicted octanol–water partition coefficient (Wildman–Crippen LogP) is 2.82. The van der Waals surface area contributed by atoms with E-state index in [0.717, 1.165) is 9.79 Å². The highest BCUT2D eigenvalue weighted by Crippen LogP contribution is 2.32. The second-order valence-corrected chi connectivity index (χ2v) is 5.85. The molecule has 0 fully saturated rings. The van der Waals surface area contributed by atoms with E-state index in [2.05, 4.69) is 11.4 Å². The smallest absolute Gasteiger partial charge is 0.252 e. The van der Waals surface area contributed by atoms with Gasteiger partial charge in [-0.2, -0.15) is 5.26 Å². The molecule has 1 atom stereocenters. The molecule has 0 aliphatic rings. The molecule has 112 valence electrons. The maximum Gasteiger partial charge on any atom is 0.252 e. The standard InChI is InChI=1S/C17H16N2O2S/c1-12(11-20)19-17(21)14-7-3-5-9-16(14)22-15-8-4-2-6-13(15)10-18/h2-9,12,20H,11H2,1H3,(H,19,21). The SMILES string of the molecule is CC(CO)NC(=O)c1ccccc1Sc1ccccc1C#N. The normalized spacial score (nSPS) is 11.5. The minimum absolute atomic E-state index is 0.113. The Morgan fingerprint density at radius 1 is 1.23 bits per heavy atom. The monoisotopic (exact) mass is 312 g/mol. The Hall–Kier alpha value is -2.29. The van der Waals surface area contributed by atoms with Crippen LogP contribution in [0, 0.1) is 11.3 Å². The lowest BCUT2D eigenvalue weighted by atomic mass is 10.2. The Bertz CT molecular complexity index is 710. The van der Waals surface area contributed by atoms with Crippen molar-refractivity contribution in [3.05, 3.63) is 59.7 Å². The van der Waals surface area contributed by atoms with Gasteiger partial charge >= 0.3 is 0 Å². The van der Waals surface area contributed by atoms with Gasteiger partial charge in [-0.1, -0.05) is 36.0 Å². The van der Waals surface area contributed by atoms with Crippen molar-refractivity contribution in [3.63, 3.8) is 0 Å². The van der Waals surface area contributed by atoms with Crippen molar-refractivity contribution in [2.75, 3.05) is 6.61 Å². The summed E-state index contributed by atoms with van der Waals surface area (Å²) in [5.41, 5.74) is 1.10. The van der Waals surface area contributed by atoms with Crippen LogP contribution in [0.1, 0.15) is 22.8 Å². The summed E-state index contributed by atoms with van der Waals surface area (Å²) < 4.78 is 0. The molecule has 1 unspecified atom stereocenters. The van der Waals surface area contributed by atoms with Crippen molar-refractivity contribution in [1.29, 1.82) is 5.26 Å². The fraction of sp³-hybridized carbons (Fsp3) is 0.176. The van der Waals surface area contributed by atoms with Crippen molar-refractivity contribution in [1.82, 2.24) is 5.32 Å². The van der Waals surface area contributed by atoms with Gasteiger partial charge < -0.3 is 10.4 Å². The van der Waals surface area contributed by atoms with Gasteiger partial charge in [0, 0.05) is 15.8 Å². The first-order valence-electron chi connectivity index (χ1n) is 6.83. The Kier molecular flexibility index (Phi) is 5.59. The van der Waals surface area contributed by atoms with Crippen molar-refractivity contribution in [3.8, 4) is 6.07 Å². The Labute approximate surface area is 133 Å². The number of aliphatic hydroxyl groups excluding tert-OH is 1. The fourth-order valence-electron chi connectivity index (χ4n) is 1.86. The fourth-order valence-corrected chi connectivity index (χ4v) is 2.88. The molecule has 4 nitrogen and oxygen atoms in total. The highest BCUT2D eigenvalue weighted by Gasteiger charge is 2.14. The van der Waals surface area contributed by atoms with Crippen LogP contribution in [0.4, 0.5) is 0 Å². The van der Waals surface area contributed by atoms with Crippen molar-refractivity contribution in [2.45, 2.75) is 22.8 Å². The first-order chi connectivity index (χ1) is 10.7. The lowest BCUT2D eigenvalue weighted by Gasteiger charge is -2.13. The summed E-state index contributed by atoms with van der Waals surface area (Å²) in [6, 6.07) is 16.3. The Morgan fingerprint density at radius 3 is 2.55 bits per heavy atom. The lowest BCUT2D eigenvalue weighted by Crippen LogP contribution is -2.35. The van der Waals surface area contributed by atoms with Gasteiger partial charge in [0.2, 0.25) is 0 Å². The third kappa shape index (κ3) is 3.88. The maximum absolute atomic E-state index is 12.3. The molecule has 0 heterocycles. The van der Waals surface area contributed by atoms with Crippen LogP contribution in [0.3, 0.4) is 0 Å². The highest BCUT2D eigenvalue weighted by molar-refractivity contribution is 7.99. The molecule has 0 spiro atoms. The molecule has 22 heavy (non-hydrogen) atoms. The molecule has 0 saturated carbocycles. The van der Waals surface area contributed by atoms with Crippen LogP contribution in [0.15, 0.2) is 58.3 Å². The summed E-state index contributed by atoms with van der Waals surface area (Å²) in [5, 5.41) is 20.9. The Balaban J connectivity index is 2.29. The quantitative estimate of drug-likeness (QED) is 0.890. The maximum atomic E-state index is 12.3. The molecule has 1 amide bonds. The first kappa shape index (κ1) is 16.1. The van der Waals surface area contributed by atoms with Gasteiger partial charge in [-0.25, -0.2) is 0 Å².